The quantitative estimate of drug-likeness (QED) is 0.818. The second kappa shape index (κ2) is 4.25. The molecule has 0 radical (unpaired) electrons. The summed E-state index contributed by atoms with van der Waals surface area (Å²) < 4.78 is 1.76. The van der Waals surface area contributed by atoms with Crippen molar-refractivity contribution in [3.05, 3.63) is 22.1 Å². The predicted octanol–water partition coefficient (Wildman–Crippen LogP) is 2.84. The molecule has 0 aliphatic heterocycles. The fourth-order valence-electron chi connectivity index (χ4n) is 1.72. The van der Waals surface area contributed by atoms with Gasteiger partial charge in [0.15, 0.2) is 0 Å². The summed E-state index contributed by atoms with van der Waals surface area (Å²) in [6.07, 6.45) is 1.97. The molecule has 86 valence electrons. The summed E-state index contributed by atoms with van der Waals surface area (Å²) in [7, 11) is 0. The monoisotopic (exact) mass is 210 g/mol. The van der Waals surface area contributed by atoms with Crippen molar-refractivity contribution in [3.8, 4) is 0 Å². The van der Waals surface area contributed by atoms with E-state index in [0.29, 0.717) is 6.04 Å². The second-order valence-electron chi connectivity index (χ2n) is 5.10. The van der Waals surface area contributed by atoms with Crippen LogP contribution in [0.5, 0.6) is 0 Å². The molecule has 1 aromatic rings. The van der Waals surface area contributed by atoms with E-state index in [1.165, 1.54) is 0 Å². The molecule has 0 amide bonds. The first-order valence-corrected chi connectivity index (χ1v) is 5.72. The molecule has 0 saturated carbocycles. The Kier molecular flexibility index (Phi) is 3.42. The molecule has 1 rings (SSSR count). The first-order valence-electron chi connectivity index (χ1n) is 5.72. The van der Waals surface area contributed by atoms with Crippen molar-refractivity contribution in [1.29, 1.82) is 0 Å². The number of aromatic amines is 1. The highest BCUT2D eigenvalue weighted by atomic mass is 16.1. The fraction of sp³-hybridized carbons (Fsp3) is 0.750. The molecule has 3 nitrogen and oxygen atoms in total. The van der Waals surface area contributed by atoms with E-state index < -0.39 is 0 Å². The Morgan fingerprint density at radius 3 is 2.20 bits per heavy atom. The van der Waals surface area contributed by atoms with Gasteiger partial charge in [0.05, 0.1) is 6.04 Å². The number of nitrogens with zero attached hydrogens (tertiary/aromatic N) is 1. The van der Waals surface area contributed by atoms with E-state index in [1.54, 1.807) is 10.7 Å². The van der Waals surface area contributed by atoms with Crippen molar-refractivity contribution >= 4 is 0 Å². The van der Waals surface area contributed by atoms with Gasteiger partial charge in [-0.05, 0) is 12.8 Å². The molecule has 0 aliphatic carbocycles. The van der Waals surface area contributed by atoms with Gasteiger partial charge in [-0.25, -0.2) is 4.68 Å². The summed E-state index contributed by atoms with van der Waals surface area (Å²) in [5.74, 6) is 0. The molecule has 0 aliphatic rings. The minimum atomic E-state index is 0.0104. The van der Waals surface area contributed by atoms with E-state index in [4.69, 9.17) is 0 Å². The Labute approximate surface area is 91.5 Å². The molecule has 0 spiro atoms. The smallest absolute Gasteiger partial charge is 0.266 e. The van der Waals surface area contributed by atoms with Crippen molar-refractivity contribution in [3.63, 3.8) is 0 Å². The number of hydrogen-bond donors (Lipinski definition) is 1. The standard InChI is InChI=1S/C12H22N2O/c1-6-9(7-2)14-11(15)8-10(13-14)12(3,4)5/h8-9,13H,6-7H2,1-5H3. The highest BCUT2D eigenvalue weighted by Crippen LogP contribution is 2.20. The van der Waals surface area contributed by atoms with Crippen molar-refractivity contribution in [2.45, 2.75) is 58.9 Å². The molecular weight excluding hydrogens is 188 g/mol. The topological polar surface area (TPSA) is 37.8 Å². The number of aromatic nitrogens is 2. The van der Waals surface area contributed by atoms with Gasteiger partial charge in [0.2, 0.25) is 0 Å². The summed E-state index contributed by atoms with van der Waals surface area (Å²) in [6, 6.07) is 2.02. The van der Waals surface area contributed by atoms with Gasteiger partial charge in [-0.2, -0.15) is 0 Å². The summed E-state index contributed by atoms with van der Waals surface area (Å²) >= 11 is 0. The summed E-state index contributed by atoms with van der Waals surface area (Å²) in [6.45, 7) is 10.5. The molecule has 1 heterocycles. The lowest BCUT2D eigenvalue weighted by Gasteiger charge is -2.17. The lowest BCUT2D eigenvalue weighted by molar-refractivity contribution is 0.407. The summed E-state index contributed by atoms with van der Waals surface area (Å²) in [4.78, 5) is 11.8. The van der Waals surface area contributed by atoms with E-state index in [0.717, 1.165) is 18.5 Å². The maximum Gasteiger partial charge on any atom is 0.266 e. The Balaban J connectivity index is 3.12. The first-order chi connectivity index (χ1) is 6.90. The highest BCUT2D eigenvalue weighted by Gasteiger charge is 2.19. The largest absolute Gasteiger partial charge is 0.299 e. The van der Waals surface area contributed by atoms with Crippen LogP contribution in [0, 0.1) is 0 Å². The van der Waals surface area contributed by atoms with Crippen molar-refractivity contribution < 1.29 is 0 Å². The average molecular weight is 210 g/mol. The maximum absolute atomic E-state index is 11.8. The SMILES string of the molecule is CCC(CC)n1[nH]c(C(C)(C)C)cc1=O. The molecule has 0 aromatic carbocycles. The van der Waals surface area contributed by atoms with E-state index >= 15 is 0 Å². The maximum atomic E-state index is 11.8. The third-order valence-electron chi connectivity index (χ3n) is 2.86. The van der Waals surface area contributed by atoms with Gasteiger partial charge >= 0.3 is 0 Å². The van der Waals surface area contributed by atoms with Gasteiger partial charge in [0.25, 0.3) is 5.56 Å². The molecule has 0 atom stereocenters. The molecule has 0 fully saturated rings. The van der Waals surface area contributed by atoms with Crippen LogP contribution in [-0.4, -0.2) is 9.78 Å². The second-order valence-corrected chi connectivity index (χ2v) is 5.10. The van der Waals surface area contributed by atoms with Crippen LogP contribution in [-0.2, 0) is 5.41 Å². The minimum Gasteiger partial charge on any atom is -0.299 e. The molecule has 3 heteroatoms. The van der Waals surface area contributed by atoms with Gasteiger partial charge in [-0.1, -0.05) is 34.6 Å². The average Bonchev–Trinajstić information content (AvgIpc) is 2.50. The number of rotatable bonds is 3. The zero-order valence-corrected chi connectivity index (χ0v) is 10.4. The van der Waals surface area contributed by atoms with Crippen LogP contribution in [0.2, 0.25) is 0 Å². The summed E-state index contributed by atoms with van der Waals surface area (Å²) in [5, 5.41) is 3.23. The summed E-state index contributed by atoms with van der Waals surface area (Å²) in [5.41, 5.74) is 1.12. The fourth-order valence-corrected chi connectivity index (χ4v) is 1.72. The van der Waals surface area contributed by atoms with Crippen molar-refractivity contribution in [2.24, 2.45) is 0 Å². The number of nitrogens with one attached hydrogen (secondary N) is 1. The zero-order chi connectivity index (χ0) is 11.6. The third kappa shape index (κ3) is 2.52. The van der Waals surface area contributed by atoms with Crippen LogP contribution in [0.1, 0.15) is 59.2 Å². The lowest BCUT2D eigenvalue weighted by Crippen LogP contribution is -2.21. The number of hydrogen-bond acceptors (Lipinski definition) is 1. The Morgan fingerprint density at radius 2 is 1.87 bits per heavy atom. The van der Waals surface area contributed by atoms with Crippen LogP contribution < -0.4 is 5.56 Å². The van der Waals surface area contributed by atoms with E-state index in [2.05, 4.69) is 39.7 Å². The van der Waals surface area contributed by atoms with Crippen LogP contribution in [0.25, 0.3) is 0 Å². The van der Waals surface area contributed by atoms with Crippen LogP contribution in [0.15, 0.2) is 10.9 Å². The van der Waals surface area contributed by atoms with Crippen LogP contribution >= 0.6 is 0 Å². The Morgan fingerprint density at radius 1 is 1.33 bits per heavy atom. The van der Waals surface area contributed by atoms with E-state index in [1.807, 2.05) is 0 Å². The molecule has 0 unspecified atom stereocenters. The van der Waals surface area contributed by atoms with Crippen molar-refractivity contribution in [1.82, 2.24) is 9.78 Å². The van der Waals surface area contributed by atoms with Crippen LogP contribution in [0.3, 0.4) is 0 Å². The molecule has 1 N–H and O–H groups in total. The number of H-pyrrole nitrogens is 1. The van der Waals surface area contributed by atoms with Crippen molar-refractivity contribution in [2.75, 3.05) is 0 Å². The first kappa shape index (κ1) is 12.1. The van der Waals surface area contributed by atoms with Gasteiger partial charge in [-0.3, -0.25) is 9.89 Å². The molecular formula is C12H22N2O. The highest BCUT2D eigenvalue weighted by molar-refractivity contribution is 5.11. The Bertz CT molecular complexity index is 364. The third-order valence-corrected chi connectivity index (χ3v) is 2.86. The molecule has 1 aromatic heterocycles. The predicted molar refractivity (Wildman–Crippen MR) is 63.4 cm³/mol. The van der Waals surface area contributed by atoms with E-state index in [-0.39, 0.29) is 11.0 Å². The van der Waals surface area contributed by atoms with Gasteiger partial charge < -0.3 is 0 Å². The van der Waals surface area contributed by atoms with E-state index in [9.17, 15) is 4.79 Å². The minimum absolute atomic E-state index is 0.0104. The lowest BCUT2D eigenvalue weighted by atomic mass is 9.93. The molecule has 15 heavy (non-hydrogen) atoms. The zero-order valence-electron chi connectivity index (χ0n) is 10.4. The normalized spacial score (nSPS) is 12.4. The molecule has 0 saturated heterocycles. The van der Waals surface area contributed by atoms with Gasteiger partial charge in [-0.15, -0.1) is 0 Å². The Hall–Kier alpha value is -0.990. The molecule has 0 bridgehead atoms. The van der Waals surface area contributed by atoms with Gasteiger partial charge in [0.1, 0.15) is 0 Å². The van der Waals surface area contributed by atoms with Crippen LogP contribution in [0.4, 0.5) is 0 Å². The van der Waals surface area contributed by atoms with Gasteiger partial charge in [0, 0.05) is 17.2 Å².